The summed E-state index contributed by atoms with van der Waals surface area (Å²) in [7, 11) is 2.15. The number of allylic oxidation sites excluding steroid dienone is 1. The van der Waals surface area contributed by atoms with E-state index in [9.17, 15) is 0 Å². The molecule has 1 heteroatoms. The minimum atomic E-state index is 0.683. The molecule has 0 aromatic heterocycles. The lowest BCUT2D eigenvalue weighted by atomic mass is 9.75. The summed E-state index contributed by atoms with van der Waals surface area (Å²) in [6, 6.07) is 0.683. The topological polar surface area (TPSA) is 12.0 Å². The highest BCUT2D eigenvalue weighted by molar-refractivity contribution is 5.15. The zero-order valence-electron chi connectivity index (χ0n) is 11.0. The molecule has 0 spiro atoms. The van der Waals surface area contributed by atoms with Crippen molar-refractivity contribution in [2.75, 3.05) is 7.05 Å². The fraction of sp³-hybridized carbons (Fsp3) is 0.867. The van der Waals surface area contributed by atoms with Gasteiger partial charge < -0.3 is 5.32 Å². The average Bonchev–Trinajstić information content (AvgIpc) is 2.31. The van der Waals surface area contributed by atoms with Crippen LogP contribution in [0.4, 0.5) is 0 Å². The van der Waals surface area contributed by atoms with Crippen LogP contribution in [0.3, 0.4) is 0 Å². The molecule has 0 saturated heterocycles. The molecule has 0 radical (unpaired) electrons. The molecule has 1 fully saturated rings. The Bertz CT molecular complexity index is 244. The lowest BCUT2D eigenvalue weighted by molar-refractivity contribution is 0.241. The molecule has 2 aliphatic carbocycles. The first-order chi connectivity index (χ1) is 7.81. The van der Waals surface area contributed by atoms with Gasteiger partial charge in [-0.15, -0.1) is 0 Å². The van der Waals surface area contributed by atoms with E-state index in [1.165, 1.54) is 51.4 Å². The van der Waals surface area contributed by atoms with Crippen molar-refractivity contribution >= 4 is 0 Å². The van der Waals surface area contributed by atoms with Gasteiger partial charge >= 0.3 is 0 Å². The zero-order chi connectivity index (χ0) is 11.4. The van der Waals surface area contributed by atoms with Gasteiger partial charge in [0.25, 0.3) is 0 Å². The van der Waals surface area contributed by atoms with Gasteiger partial charge in [0, 0.05) is 6.04 Å². The highest BCUT2D eigenvalue weighted by atomic mass is 14.9. The largest absolute Gasteiger partial charge is 0.313 e. The molecule has 2 aliphatic rings. The molecule has 0 aromatic rings. The molecule has 16 heavy (non-hydrogen) atoms. The third-order valence-electron chi connectivity index (χ3n) is 4.48. The van der Waals surface area contributed by atoms with E-state index in [4.69, 9.17) is 0 Å². The molecule has 0 amide bonds. The second kappa shape index (κ2) is 5.86. The highest BCUT2D eigenvalue weighted by Gasteiger charge is 2.28. The van der Waals surface area contributed by atoms with Gasteiger partial charge in [0.15, 0.2) is 0 Å². The second-order valence-electron chi connectivity index (χ2n) is 5.82. The lowest BCUT2D eigenvalue weighted by Crippen LogP contribution is -2.38. The van der Waals surface area contributed by atoms with Crippen LogP contribution in [0.25, 0.3) is 0 Å². The summed E-state index contributed by atoms with van der Waals surface area (Å²) in [4.78, 5) is 0. The quantitative estimate of drug-likeness (QED) is 0.713. The molecule has 0 heterocycles. The van der Waals surface area contributed by atoms with Gasteiger partial charge in [0.2, 0.25) is 0 Å². The second-order valence-corrected chi connectivity index (χ2v) is 5.82. The predicted octanol–water partition coefficient (Wildman–Crippen LogP) is 3.90. The third kappa shape index (κ3) is 2.88. The fourth-order valence-electron chi connectivity index (χ4n) is 3.65. The van der Waals surface area contributed by atoms with Gasteiger partial charge in [-0.1, -0.05) is 31.4 Å². The van der Waals surface area contributed by atoms with Gasteiger partial charge in [0.05, 0.1) is 0 Å². The van der Waals surface area contributed by atoms with Gasteiger partial charge in [-0.2, -0.15) is 0 Å². The fourth-order valence-corrected chi connectivity index (χ4v) is 3.65. The Hall–Kier alpha value is -0.300. The Balaban J connectivity index is 2.00. The van der Waals surface area contributed by atoms with E-state index in [1.54, 1.807) is 5.57 Å². The van der Waals surface area contributed by atoms with Gasteiger partial charge in [-0.3, -0.25) is 0 Å². The van der Waals surface area contributed by atoms with Crippen molar-refractivity contribution in [3.63, 3.8) is 0 Å². The van der Waals surface area contributed by atoms with Crippen LogP contribution >= 0.6 is 0 Å². The number of rotatable bonds is 3. The van der Waals surface area contributed by atoms with Crippen LogP contribution < -0.4 is 5.32 Å². The number of nitrogens with one attached hydrogen (secondary N) is 1. The maximum Gasteiger partial charge on any atom is 0.0305 e. The molecule has 92 valence electrons. The van der Waals surface area contributed by atoms with E-state index in [-0.39, 0.29) is 0 Å². The maximum absolute atomic E-state index is 3.59. The third-order valence-corrected chi connectivity index (χ3v) is 4.48. The van der Waals surface area contributed by atoms with Crippen molar-refractivity contribution in [3.8, 4) is 0 Å². The van der Waals surface area contributed by atoms with Crippen molar-refractivity contribution in [1.82, 2.24) is 5.32 Å². The summed E-state index contributed by atoms with van der Waals surface area (Å²) in [6.45, 7) is 2.42. The molecule has 3 unspecified atom stereocenters. The molecule has 0 aromatic carbocycles. The lowest BCUT2D eigenvalue weighted by Gasteiger charge is -2.35. The van der Waals surface area contributed by atoms with E-state index in [1.807, 2.05) is 0 Å². The normalized spacial score (nSPS) is 33.2. The van der Waals surface area contributed by atoms with Crippen molar-refractivity contribution in [1.29, 1.82) is 0 Å². The molecule has 1 nitrogen and oxygen atoms in total. The van der Waals surface area contributed by atoms with E-state index in [2.05, 4.69) is 25.4 Å². The highest BCUT2D eigenvalue weighted by Crippen LogP contribution is 2.35. The monoisotopic (exact) mass is 221 g/mol. The molecule has 0 bridgehead atoms. The predicted molar refractivity (Wildman–Crippen MR) is 70.5 cm³/mol. The van der Waals surface area contributed by atoms with Crippen LogP contribution in [0.5, 0.6) is 0 Å². The Kier molecular flexibility index (Phi) is 4.45. The van der Waals surface area contributed by atoms with Crippen LogP contribution in [0.2, 0.25) is 0 Å². The molecule has 2 rings (SSSR count). The van der Waals surface area contributed by atoms with Crippen molar-refractivity contribution < 1.29 is 0 Å². The van der Waals surface area contributed by atoms with Crippen LogP contribution in [-0.4, -0.2) is 13.1 Å². The standard InChI is InChI=1S/C15H27N/c1-12-7-6-10-14(11-12)15(16-2)13-8-4-3-5-9-13/h8,12,14-16H,3-7,9-11H2,1-2H3. The smallest absolute Gasteiger partial charge is 0.0305 e. The molecule has 1 saturated carbocycles. The van der Waals surface area contributed by atoms with Crippen molar-refractivity contribution in [2.24, 2.45) is 11.8 Å². The average molecular weight is 221 g/mol. The van der Waals surface area contributed by atoms with Crippen LogP contribution in [0.15, 0.2) is 11.6 Å². The van der Waals surface area contributed by atoms with Crippen molar-refractivity contribution in [3.05, 3.63) is 11.6 Å². The number of hydrogen-bond acceptors (Lipinski definition) is 1. The zero-order valence-corrected chi connectivity index (χ0v) is 11.0. The summed E-state index contributed by atoms with van der Waals surface area (Å²) in [5, 5.41) is 3.59. The summed E-state index contributed by atoms with van der Waals surface area (Å²) in [5.41, 5.74) is 1.72. The molecular formula is C15H27N. The summed E-state index contributed by atoms with van der Waals surface area (Å²) in [5.74, 6) is 1.84. The molecular weight excluding hydrogens is 194 g/mol. The van der Waals surface area contributed by atoms with Crippen LogP contribution in [0.1, 0.15) is 58.3 Å². The van der Waals surface area contributed by atoms with Gasteiger partial charge in [-0.05, 0) is 57.4 Å². The van der Waals surface area contributed by atoms with E-state index >= 15 is 0 Å². The van der Waals surface area contributed by atoms with Crippen molar-refractivity contribution in [2.45, 2.75) is 64.3 Å². The van der Waals surface area contributed by atoms with E-state index in [0.717, 1.165) is 11.8 Å². The molecule has 3 atom stereocenters. The minimum Gasteiger partial charge on any atom is -0.313 e. The maximum atomic E-state index is 3.59. The Morgan fingerprint density at radius 3 is 2.75 bits per heavy atom. The minimum absolute atomic E-state index is 0.683. The SMILES string of the molecule is CNC(C1=CCCCC1)C1CCCC(C)C1. The van der Waals surface area contributed by atoms with Gasteiger partial charge in [-0.25, -0.2) is 0 Å². The summed E-state index contributed by atoms with van der Waals surface area (Å²) in [6.07, 6.45) is 13.8. The summed E-state index contributed by atoms with van der Waals surface area (Å²) >= 11 is 0. The van der Waals surface area contributed by atoms with Crippen LogP contribution in [0, 0.1) is 11.8 Å². The number of hydrogen-bond donors (Lipinski definition) is 1. The van der Waals surface area contributed by atoms with E-state index < -0.39 is 0 Å². The molecule has 1 N–H and O–H groups in total. The first-order valence-corrected chi connectivity index (χ1v) is 7.17. The Labute approximate surface area is 101 Å². The number of likely N-dealkylation sites (N-methyl/N-ethyl adjacent to an activating group) is 1. The Morgan fingerprint density at radius 1 is 1.25 bits per heavy atom. The van der Waals surface area contributed by atoms with E-state index in [0.29, 0.717) is 6.04 Å². The van der Waals surface area contributed by atoms with Gasteiger partial charge in [0.1, 0.15) is 0 Å². The summed E-state index contributed by atoms with van der Waals surface area (Å²) < 4.78 is 0. The van der Waals surface area contributed by atoms with Crippen LogP contribution in [-0.2, 0) is 0 Å². The first-order valence-electron chi connectivity index (χ1n) is 7.17. The first kappa shape index (κ1) is 12.2. The Morgan fingerprint density at radius 2 is 2.12 bits per heavy atom. The molecule has 0 aliphatic heterocycles.